The topological polar surface area (TPSA) is 45.8 Å². The van der Waals surface area contributed by atoms with Gasteiger partial charge in [0.05, 0.1) is 12.0 Å². The first-order chi connectivity index (χ1) is 7.18. The van der Waals surface area contributed by atoms with E-state index in [-0.39, 0.29) is 5.56 Å². The Morgan fingerprint density at radius 2 is 2.20 bits per heavy atom. The highest BCUT2D eigenvalue weighted by Gasteiger charge is 2.06. The molecule has 0 amide bonds. The fourth-order valence-corrected chi connectivity index (χ4v) is 1.59. The highest BCUT2D eigenvalue weighted by atomic mass is 35.5. The van der Waals surface area contributed by atoms with E-state index in [1.807, 2.05) is 12.1 Å². The Hall–Kier alpha value is -1.61. The molecule has 4 heteroatoms. The fraction of sp³-hybridized carbons (Fsp3) is 0.0909. The number of aromatic nitrogens is 2. The lowest BCUT2D eigenvalue weighted by atomic mass is 10.1. The molecule has 0 saturated carbocycles. The molecule has 0 fully saturated rings. The van der Waals surface area contributed by atoms with E-state index in [0.717, 1.165) is 5.56 Å². The number of aromatic amines is 1. The number of H-pyrrole nitrogens is 1. The summed E-state index contributed by atoms with van der Waals surface area (Å²) in [7, 11) is 0. The van der Waals surface area contributed by atoms with Crippen molar-refractivity contribution >= 4 is 11.6 Å². The van der Waals surface area contributed by atoms with E-state index in [1.54, 1.807) is 19.1 Å². The van der Waals surface area contributed by atoms with Crippen molar-refractivity contribution in [2.24, 2.45) is 0 Å². The van der Waals surface area contributed by atoms with Crippen LogP contribution in [0.25, 0.3) is 11.3 Å². The third-order valence-corrected chi connectivity index (χ3v) is 2.42. The lowest BCUT2D eigenvalue weighted by Crippen LogP contribution is -2.11. The number of hydrogen-bond donors (Lipinski definition) is 1. The molecule has 2 aromatic rings. The van der Waals surface area contributed by atoms with E-state index in [1.165, 1.54) is 6.33 Å². The Morgan fingerprint density at radius 1 is 1.40 bits per heavy atom. The van der Waals surface area contributed by atoms with Crippen molar-refractivity contribution in [3.8, 4) is 11.3 Å². The quantitative estimate of drug-likeness (QED) is 0.802. The molecule has 0 saturated heterocycles. The van der Waals surface area contributed by atoms with Crippen molar-refractivity contribution in [1.29, 1.82) is 0 Å². The number of rotatable bonds is 1. The van der Waals surface area contributed by atoms with Gasteiger partial charge in [0.15, 0.2) is 0 Å². The van der Waals surface area contributed by atoms with Crippen LogP contribution >= 0.6 is 11.6 Å². The molecule has 0 aliphatic heterocycles. The lowest BCUT2D eigenvalue weighted by molar-refractivity contribution is 1.08. The lowest BCUT2D eigenvalue weighted by Gasteiger charge is -2.03. The predicted molar refractivity (Wildman–Crippen MR) is 60.0 cm³/mol. The molecule has 0 aliphatic rings. The van der Waals surface area contributed by atoms with Gasteiger partial charge in [0, 0.05) is 16.1 Å². The Labute approximate surface area is 91.8 Å². The van der Waals surface area contributed by atoms with Crippen LogP contribution in [0, 0.1) is 6.92 Å². The SMILES string of the molecule is Cc1c(-c2cccc(Cl)c2)nc[nH]c1=O. The normalized spacial score (nSPS) is 10.3. The minimum atomic E-state index is -0.125. The van der Waals surface area contributed by atoms with Crippen LogP contribution in [0.2, 0.25) is 5.02 Å². The maximum Gasteiger partial charge on any atom is 0.254 e. The third kappa shape index (κ3) is 1.92. The molecular formula is C11H9ClN2O. The molecule has 1 aromatic heterocycles. The molecule has 3 nitrogen and oxygen atoms in total. The van der Waals surface area contributed by atoms with Crippen molar-refractivity contribution in [3.63, 3.8) is 0 Å². The van der Waals surface area contributed by atoms with E-state index >= 15 is 0 Å². The average Bonchev–Trinajstić information content (AvgIpc) is 2.22. The van der Waals surface area contributed by atoms with Crippen LogP contribution in [0.4, 0.5) is 0 Å². The zero-order chi connectivity index (χ0) is 10.8. The van der Waals surface area contributed by atoms with Gasteiger partial charge in [-0.25, -0.2) is 4.98 Å². The second kappa shape index (κ2) is 3.87. The number of nitrogens with one attached hydrogen (secondary N) is 1. The van der Waals surface area contributed by atoms with Gasteiger partial charge in [0.2, 0.25) is 0 Å². The zero-order valence-corrected chi connectivity index (χ0v) is 8.88. The minimum Gasteiger partial charge on any atom is -0.313 e. The van der Waals surface area contributed by atoms with Gasteiger partial charge in [0.1, 0.15) is 0 Å². The van der Waals surface area contributed by atoms with Crippen molar-refractivity contribution in [2.45, 2.75) is 6.92 Å². The van der Waals surface area contributed by atoms with Gasteiger partial charge < -0.3 is 4.98 Å². The number of benzene rings is 1. The summed E-state index contributed by atoms with van der Waals surface area (Å²) in [6, 6.07) is 7.28. The molecule has 0 radical (unpaired) electrons. The Balaban J connectivity index is 2.64. The monoisotopic (exact) mass is 220 g/mol. The van der Waals surface area contributed by atoms with Crippen molar-refractivity contribution in [3.05, 3.63) is 51.5 Å². The molecule has 0 bridgehead atoms. The molecule has 2 rings (SSSR count). The first-order valence-corrected chi connectivity index (χ1v) is 4.86. The third-order valence-electron chi connectivity index (χ3n) is 2.18. The van der Waals surface area contributed by atoms with Crippen LogP contribution in [0.3, 0.4) is 0 Å². The Morgan fingerprint density at radius 3 is 2.93 bits per heavy atom. The summed E-state index contributed by atoms with van der Waals surface area (Å²) < 4.78 is 0. The van der Waals surface area contributed by atoms with E-state index in [9.17, 15) is 4.79 Å². The summed E-state index contributed by atoms with van der Waals surface area (Å²) in [5.74, 6) is 0. The summed E-state index contributed by atoms with van der Waals surface area (Å²) in [6.07, 6.45) is 1.39. The fourth-order valence-electron chi connectivity index (χ4n) is 1.39. The van der Waals surface area contributed by atoms with Crippen molar-refractivity contribution < 1.29 is 0 Å². The first kappa shape index (κ1) is 9.93. The highest BCUT2D eigenvalue weighted by molar-refractivity contribution is 6.30. The van der Waals surface area contributed by atoms with Gasteiger partial charge in [-0.05, 0) is 19.1 Å². The van der Waals surface area contributed by atoms with Crippen LogP contribution in [-0.2, 0) is 0 Å². The molecule has 0 spiro atoms. The van der Waals surface area contributed by atoms with Crippen molar-refractivity contribution in [1.82, 2.24) is 9.97 Å². The van der Waals surface area contributed by atoms with E-state index in [2.05, 4.69) is 9.97 Å². The van der Waals surface area contributed by atoms with Crippen LogP contribution in [0.1, 0.15) is 5.56 Å². The maximum absolute atomic E-state index is 11.4. The first-order valence-electron chi connectivity index (χ1n) is 4.48. The van der Waals surface area contributed by atoms with Gasteiger partial charge in [-0.3, -0.25) is 4.79 Å². The standard InChI is InChI=1S/C11H9ClN2O/c1-7-10(13-6-14-11(7)15)8-3-2-4-9(12)5-8/h2-6H,1H3,(H,13,14,15). The van der Waals surface area contributed by atoms with Gasteiger partial charge in [-0.1, -0.05) is 23.7 Å². The van der Waals surface area contributed by atoms with Gasteiger partial charge >= 0.3 is 0 Å². The molecule has 1 heterocycles. The highest BCUT2D eigenvalue weighted by Crippen LogP contribution is 2.21. The van der Waals surface area contributed by atoms with Gasteiger partial charge in [0.25, 0.3) is 5.56 Å². The Bertz CT molecular complexity index is 548. The molecule has 0 atom stereocenters. The van der Waals surface area contributed by atoms with Gasteiger partial charge in [-0.15, -0.1) is 0 Å². The van der Waals surface area contributed by atoms with E-state index in [0.29, 0.717) is 16.3 Å². The van der Waals surface area contributed by atoms with Crippen LogP contribution in [0.15, 0.2) is 35.4 Å². The summed E-state index contributed by atoms with van der Waals surface area (Å²) in [6.45, 7) is 1.74. The summed E-state index contributed by atoms with van der Waals surface area (Å²) >= 11 is 5.87. The molecule has 15 heavy (non-hydrogen) atoms. The molecule has 1 N–H and O–H groups in total. The Kier molecular flexibility index (Phi) is 2.56. The molecule has 0 aliphatic carbocycles. The van der Waals surface area contributed by atoms with Crippen LogP contribution in [-0.4, -0.2) is 9.97 Å². The molecule has 1 aromatic carbocycles. The largest absolute Gasteiger partial charge is 0.313 e. The van der Waals surface area contributed by atoms with Gasteiger partial charge in [-0.2, -0.15) is 0 Å². The second-order valence-electron chi connectivity index (χ2n) is 3.22. The number of halogens is 1. The number of hydrogen-bond acceptors (Lipinski definition) is 2. The molecule has 0 unspecified atom stereocenters. The number of nitrogens with zero attached hydrogens (tertiary/aromatic N) is 1. The average molecular weight is 221 g/mol. The summed E-state index contributed by atoms with van der Waals surface area (Å²) in [5, 5.41) is 0.633. The van der Waals surface area contributed by atoms with Crippen molar-refractivity contribution in [2.75, 3.05) is 0 Å². The minimum absolute atomic E-state index is 0.125. The summed E-state index contributed by atoms with van der Waals surface area (Å²) in [5.41, 5.74) is 1.99. The van der Waals surface area contributed by atoms with E-state index < -0.39 is 0 Å². The smallest absolute Gasteiger partial charge is 0.254 e. The maximum atomic E-state index is 11.4. The zero-order valence-electron chi connectivity index (χ0n) is 8.12. The van der Waals surface area contributed by atoms with Crippen LogP contribution < -0.4 is 5.56 Å². The van der Waals surface area contributed by atoms with Crippen LogP contribution in [0.5, 0.6) is 0 Å². The predicted octanol–water partition coefficient (Wildman–Crippen LogP) is 2.40. The summed E-state index contributed by atoms with van der Waals surface area (Å²) in [4.78, 5) is 18.0. The molecular weight excluding hydrogens is 212 g/mol. The van der Waals surface area contributed by atoms with E-state index in [4.69, 9.17) is 11.6 Å². The second-order valence-corrected chi connectivity index (χ2v) is 3.65. The molecule has 76 valence electrons.